The van der Waals surface area contributed by atoms with Crippen LogP contribution in [0.3, 0.4) is 0 Å². The van der Waals surface area contributed by atoms with Gasteiger partial charge < -0.3 is 10.1 Å². The van der Waals surface area contributed by atoms with Crippen LogP contribution in [0, 0.1) is 13.8 Å². The summed E-state index contributed by atoms with van der Waals surface area (Å²) in [5.74, 6) is 0.615. The van der Waals surface area contributed by atoms with Crippen molar-refractivity contribution in [2.45, 2.75) is 13.8 Å². The zero-order chi connectivity index (χ0) is 21.3. The molecule has 4 aromatic rings. The summed E-state index contributed by atoms with van der Waals surface area (Å²) in [7, 11) is 1.64. The predicted octanol–water partition coefficient (Wildman–Crippen LogP) is 6.54. The SMILES string of the molecule is COc1ccc(-c2cc(C(=O)Nc3ccc(Br)cc3)c3cc(C)cc(C)c3n2)cc1. The van der Waals surface area contributed by atoms with Crippen molar-refractivity contribution in [3.05, 3.63) is 87.9 Å². The molecule has 0 radical (unpaired) electrons. The number of nitrogens with one attached hydrogen (secondary N) is 1. The molecule has 0 bridgehead atoms. The van der Waals surface area contributed by atoms with Crippen molar-refractivity contribution in [3.63, 3.8) is 0 Å². The second-order valence-electron chi connectivity index (χ2n) is 7.22. The molecule has 1 heterocycles. The number of carbonyl (C=O) groups excluding carboxylic acids is 1. The van der Waals surface area contributed by atoms with E-state index in [0.717, 1.165) is 49.2 Å². The Hall–Kier alpha value is -3.18. The van der Waals surface area contributed by atoms with Gasteiger partial charge in [0.2, 0.25) is 0 Å². The van der Waals surface area contributed by atoms with Gasteiger partial charge in [0.25, 0.3) is 5.91 Å². The zero-order valence-corrected chi connectivity index (χ0v) is 18.6. The van der Waals surface area contributed by atoms with Gasteiger partial charge in [0, 0.05) is 21.1 Å². The Morgan fingerprint density at radius 2 is 1.67 bits per heavy atom. The maximum atomic E-state index is 13.2. The van der Waals surface area contributed by atoms with Gasteiger partial charge >= 0.3 is 0 Å². The van der Waals surface area contributed by atoms with Crippen LogP contribution in [0.5, 0.6) is 5.75 Å². The third-order valence-corrected chi connectivity index (χ3v) is 5.51. The van der Waals surface area contributed by atoms with Gasteiger partial charge in [-0.2, -0.15) is 0 Å². The van der Waals surface area contributed by atoms with Crippen molar-refractivity contribution in [1.29, 1.82) is 0 Å². The minimum atomic E-state index is -0.163. The van der Waals surface area contributed by atoms with E-state index in [0.29, 0.717) is 5.56 Å². The lowest BCUT2D eigenvalue weighted by Crippen LogP contribution is -2.13. The second kappa shape index (κ2) is 8.28. The van der Waals surface area contributed by atoms with Gasteiger partial charge in [0.05, 0.1) is 23.9 Å². The fraction of sp³-hybridized carbons (Fsp3) is 0.120. The van der Waals surface area contributed by atoms with Crippen molar-refractivity contribution in [2.24, 2.45) is 0 Å². The number of aryl methyl sites for hydroxylation is 2. The molecule has 1 N–H and O–H groups in total. The molecule has 3 aromatic carbocycles. The number of amides is 1. The highest BCUT2D eigenvalue weighted by Gasteiger charge is 2.16. The van der Waals surface area contributed by atoms with Crippen LogP contribution in [0.4, 0.5) is 5.69 Å². The molecular formula is C25H21BrN2O2. The number of pyridine rings is 1. The zero-order valence-electron chi connectivity index (χ0n) is 17.0. The van der Waals surface area contributed by atoms with E-state index >= 15 is 0 Å². The van der Waals surface area contributed by atoms with E-state index in [2.05, 4.69) is 27.3 Å². The average Bonchev–Trinajstić information content (AvgIpc) is 2.75. The molecule has 0 aliphatic carbocycles. The Labute approximate surface area is 184 Å². The monoisotopic (exact) mass is 460 g/mol. The Kier molecular flexibility index (Phi) is 5.55. The fourth-order valence-corrected chi connectivity index (χ4v) is 3.77. The standard InChI is InChI=1S/C25H21BrN2O2/c1-15-12-16(2)24-21(13-15)22(25(29)27-19-8-6-18(26)7-9-19)14-23(28-24)17-4-10-20(30-3)11-5-17/h4-14H,1-3H3,(H,27,29). The summed E-state index contributed by atoms with van der Waals surface area (Å²) < 4.78 is 6.22. The molecule has 4 rings (SSSR count). The van der Waals surface area contributed by atoms with Crippen molar-refractivity contribution in [1.82, 2.24) is 4.98 Å². The van der Waals surface area contributed by atoms with E-state index in [1.807, 2.05) is 74.5 Å². The molecule has 0 saturated carbocycles. The number of anilines is 1. The minimum absolute atomic E-state index is 0.163. The summed E-state index contributed by atoms with van der Waals surface area (Å²) in [5.41, 5.74) is 5.97. The second-order valence-corrected chi connectivity index (χ2v) is 8.14. The Balaban J connectivity index is 1.85. The summed E-state index contributed by atoms with van der Waals surface area (Å²) in [4.78, 5) is 18.1. The van der Waals surface area contributed by atoms with E-state index in [1.54, 1.807) is 7.11 Å². The Morgan fingerprint density at radius 1 is 0.967 bits per heavy atom. The van der Waals surface area contributed by atoms with Crippen molar-refractivity contribution >= 4 is 38.4 Å². The smallest absolute Gasteiger partial charge is 0.256 e. The molecule has 0 saturated heterocycles. The summed E-state index contributed by atoms with van der Waals surface area (Å²) in [5, 5.41) is 3.85. The maximum Gasteiger partial charge on any atom is 0.256 e. The number of fused-ring (bicyclic) bond motifs is 1. The van der Waals surface area contributed by atoms with Gasteiger partial charge in [0.15, 0.2) is 0 Å². The number of aromatic nitrogens is 1. The molecule has 1 aromatic heterocycles. The average molecular weight is 461 g/mol. The first-order valence-electron chi connectivity index (χ1n) is 9.58. The number of ether oxygens (including phenoxy) is 1. The van der Waals surface area contributed by atoms with Gasteiger partial charge in [-0.25, -0.2) is 4.98 Å². The molecule has 30 heavy (non-hydrogen) atoms. The molecule has 0 unspecified atom stereocenters. The minimum Gasteiger partial charge on any atom is -0.497 e. The van der Waals surface area contributed by atoms with Crippen LogP contribution in [-0.2, 0) is 0 Å². The quantitative estimate of drug-likeness (QED) is 0.375. The first-order valence-corrected chi connectivity index (χ1v) is 10.4. The van der Waals surface area contributed by atoms with Gasteiger partial charge in [-0.15, -0.1) is 0 Å². The van der Waals surface area contributed by atoms with E-state index in [-0.39, 0.29) is 5.91 Å². The topological polar surface area (TPSA) is 51.2 Å². The van der Waals surface area contributed by atoms with E-state index in [4.69, 9.17) is 9.72 Å². The third kappa shape index (κ3) is 4.07. The number of hydrogen-bond donors (Lipinski definition) is 1. The molecule has 0 fully saturated rings. The van der Waals surface area contributed by atoms with Crippen LogP contribution >= 0.6 is 15.9 Å². The highest BCUT2D eigenvalue weighted by molar-refractivity contribution is 9.10. The van der Waals surface area contributed by atoms with Crippen LogP contribution in [0.2, 0.25) is 0 Å². The summed E-state index contributed by atoms with van der Waals surface area (Å²) in [6, 6.07) is 21.2. The van der Waals surface area contributed by atoms with Crippen LogP contribution in [0.15, 0.2) is 71.2 Å². The summed E-state index contributed by atoms with van der Waals surface area (Å²) in [6.07, 6.45) is 0. The van der Waals surface area contributed by atoms with Gasteiger partial charge in [0.1, 0.15) is 5.75 Å². The number of carbonyl (C=O) groups is 1. The molecular weight excluding hydrogens is 440 g/mol. The van der Waals surface area contributed by atoms with E-state index in [9.17, 15) is 4.79 Å². The van der Waals surface area contributed by atoms with E-state index in [1.165, 1.54) is 0 Å². The van der Waals surface area contributed by atoms with Crippen molar-refractivity contribution in [3.8, 4) is 17.0 Å². The number of methoxy groups -OCH3 is 1. The molecule has 4 nitrogen and oxygen atoms in total. The largest absolute Gasteiger partial charge is 0.497 e. The highest BCUT2D eigenvalue weighted by Crippen LogP contribution is 2.29. The molecule has 1 amide bonds. The number of hydrogen-bond acceptors (Lipinski definition) is 3. The van der Waals surface area contributed by atoms with Gasteiger partial charge in [-0.05, 0) is 80.1 Å². The van der Waals surface area contributed by atoms with Crippen LogP contribution in [0.1, 0.15) is 21.5 Å². The summed E-state index contributed by atoms with van der Waals surface area (Å²) >= 11 is 3.42. The normalized spacial score (nSPS) is 10.8. The Morgan fingerprint density at radius 3 is 2.33 bits per heavy atom. The highest BCUT2D eigenvalue weighted by atomic mass is 79.9. The first kappa shape index (κ1) is 20.1. The number of nitrogens with zero attached hydrogens (tertiary/aromatic N) is 1. The fourth-order valence-electron chi connectivity index (χ4n) is 3.51. The predicted molar refractivity (Wildman–Crippen MR) is 125 cm³/mol. The van der Waals surface area contributed by atoms with Crippen LogP contribution in [0.25, 0.3) is 22.2 Å². The lowest BCUT2D eigenvalue weighted by atomic mass is 9.99. The Bertz CT molecular complexity index is 1230. The van der Waals surface area contributed by atoms with Gasteiger partial charge in [-0.3, -0.25) is 4.79 Å². The molecule has 0 aliphatic rings. The molecule has 0 atom stereocenters. The lowest BCUT2D eigenvalue weighted by Gasteiger charge is -2.13. The number of benzene rings is 3. The molecule has 0 aliphatic heterocycles. The van der Waals surface area contributed by atoms with Crippen LogP contribution < -0.4 is 10.1 Å². The molecule has 0 spiro atoms. The third-order valence-electron chi connectivity index (χ3n) is 4.98. The van der Waals surface area contributed by atoms with Crippen molar-refractivity contribution < 1.29 is 9.53 Å². The molecule has 150 valence electrons. The van der Waals surface area contributed by atoms with Crippen molar-refractivity contribution in [2.75, 3.05) is 12.4 Å². The number of rotatable bonds is 4. The number of halogens is 1. The van der Waals surface area contributed by atoms with E-state index < -0.39 is 0 Å². The maximum absolute atomic E-state index is 13.2. The lowest BCUT2D eigenvalue weighted by molar-refractivity contribution is 0.102. The van der Waals surface area contributed by atoms with Crippen LogP contribution in [-0.4, -0.2) is 18.0 Å². The molecule has 5 heteroatoms. The van der Waals surface area contributed by atoms with Gasteiger partial charge in [-0.1, -0.05) is 27.6 Å². The first-order chi connectivity index (χ1) is 14.4. The summed E-state index contributed by atoms with van der Waals surface area (Å²) in [6.45, 7) is 4.05.